The molecule has 13 heavy (non-hydrogen) atoms. The summed E-state index contributed by atoms with van der Waals surface area (Å²) in [5, 5.41) is 0. The molecule has 0 aliphatic carbocycles. The summed E-state index contributed by atoms with van der Waals surface area (Å²) in [5.41, 5.74) is 0.869. The van der Waals surface area contributed by atoms with E-state index in [9.17, 15) is 8.78 Å². The summed E-state index contributed by atoms with van der Waals surface area (Å²) in [5.74, 6) is -3.10. The van der Waals surface area contributed by atoms with E-state index in [1.807, 2.05) is 13.8 Å². The number of halogens is 2. The van der Waals surface area contributed by atoms with Crippen molar-refractivity contribution in [3.8, 4) is 0 Å². The molecule has 0 atom stereocenters. The first-order valence-electron chi connectivity index (χ1n) is 4.11. The Morgan fingerprint density at radius 1 is 1.23 bits per heavy atom. The van der Waals surface area contributed by atoms with Crippen molar-refractivity contribution in [2.24, 2.45) is 0 Å². The highest BCUT2D eigenvalue weighted by Crippen LogP contribution is 2.23. The standard InChI is InChI=1S/C9H12F2N2/c1-6(2)7-4-12-8(13-5-7)9(3,10)11/h4-6H,1-3H3. The van der Waals surface area contributed by atoms with Gasteiger partial charge in [-0.25, -0.2) is 9.97 Å². The number of hydrogen-bond donors (Lipinski definition) is 0. The molecule has 0 saturated heterocycles. The molecular weight excluding hydrogens is 174 g/mol. The third kappa shape index (κ3) is 2.44. The van der Waals surface area contributed by atoms with Crippen molar-refractivity contribution in [3.05, 3.63) is 23.8 Å². The summed E-state index contributed by atoms with van der Waals surface area (Å²) in [6.07, 6.45) is 2.90. The van der Waals surface area contributed by atoms with Crippen molar-refractivity contribution in [3.63, 3.8) is 0 Å². The van der Waals surface area contributed by atoms with E-state index in [1.54, 1.807) is 0 Å². The second-order valence-corrected chi connectivity index (χ2v) is 3.38. The van der Waals surface area contributed by atoms with E-state index in [2.05, 4.69) is 9.97 Å². The molecule has 0 N–H and O–H groups in total. The normalized spacial score (nSPS) is 12.2. The van der Waals surface area contributed by atoms with Gasteiger partial charge >= 0.3 is 5.92 Å². The van der Waals surface area contributed by atoms with E-state index in [0.29, 0.717) is 0 Å². The molecule has 1 heterocycles. The molecule has 4 heteroatoms. The SMILES string of the molecule is CC(C)c1cnc(C(C)(F)F)nc1. The topological polar surface area (TPSA) is 25.8 Å². The molecule has 0 radical (unpaired) electrons. The zero-order chi connectivity index (χ0) is 10.1. The average molecular weight is 186 g/mol. The van der Waals surface area contributed by atoms with E-state index < -0.39 is 11.7 Å². The molecule has 0 spiro atoms. The maximum Gasteiger partial charge on any atom is 0.303 e. The summed E-state index contributed by atoms with van der Waals surface area (Å²) in [4.78, 5) is 7.22. The predicted octanol–water partition coefficient (Wildman–Crippen LogP) is 2.71. The van der Waals surface area contributed by atoms with Crippen LogP contribution in [0, 0.1) is 0 Å². The van der Waals surface area contributed by atoms with E-state index in [1.165, 1.54) is 12.4 Å². The van der Waals surface area contributed by atoms with Crippen LogP contribution < -0.4 is 0 Å². The minimum Gasteiger partial charge on any atom is -0.235 e. The van der Waals surface area contributed by atoms with Crippen LogP contribution in [0.2, 0.25) is 0 Å². The predicted molar refractivity (Wildman–Crippen MR) is 45.7 cm³/mol. The molecule has 72 valence electrons. The van der Waals surface area contributed by atoms with Gasteiger partial charge in [0.15, 0.2) is 5.82 Å². The monoisotopic (exact) mass is 186 g/mol. The lowest BCUT2D eigenvalue weighted by Gasteiger charge is -2.09. The highest BCUT2D eigenvalue weighted by atomic mass is 19.3. The Bertz CT molecular complexity index is 275. The third-order valence-electron chi connectivity index (χ3n) is 1.73. The third-order valence-corrected chi connectivity index (χ3v) is 1.73. The van der Waals surface area contributed by atoms with Gasteiger partial charge in [0.05, 0.1) is 0 Å². The van der Waals surface area contributed by atoms with Gasteiger partial charge in [0, 0.05) is 19.3 Å². The Balaban J connectivity index is 2.94. The van der Waals surface area contributed by atoms with Gasteiger partial charge in [0.2, 0.25) is 0 Å². The molecule has 0 aliphatic heterocycles. The Kier molecular flexibility index (Phi) is 2.59. The van der Waals surface area contributed by atoms with Crippen LogP contribution in [-0.4, -0.2) is 9.97 Å². The van der Waals surface area contributed by atoms with Crippen LogP contribution in [0.1, 0.15) is 38.1 Å². The van der Waals surface area contributed by atoms with Crippen molar-refractivity contribution >= 4 is 0 Å². The van der Waals surface area contributed by atoms with Crippen LogP contribution in [0.5, 0.6) is 0 Å². The highest BCUT2D eigenvalue weighted by molar-refractivity contribution is 5.10. The number of nitrogens with zero attached hydrogens (tertiary/aromatic N) is 2. The Labute approximate surface area is 76.0 Å². The van der Waals surface area contributed by atoms with Gasteiger partial charge in [0.1, 0.15) is 0 Å². The molecule has 0 saturated carbocycles. The molecular formula is C9H12F2N2. The van der Waals surface area contributed by atoms with Gasteiger partial charge in [-0.05, 0) is 11.5 Å². The van der Waals surface area contributed by atoms with Crippen molar-refractivity contribution < 1.29 is 8.78 Å². The fraction of sp³-hybridized carbons (Fsp3) is 0.556. The first-order chi connectivity index (χ1) is 5.91. The first-order valence-corrected chi connectivity index (χ1v) is 4.11. The largest absolute Gasteiger partial charge is 0.303 e. The molecule has 0 unspecified atom stereocenters. The molecule has 0 aromatic carbocycles. The minimum atomic E-state index is -2.95. The summed E-state index contributed by atoms with van der Waals surface area (Å²) in [6.45, 7) is 4.71. The van der Waals surface area contributed by atoms with E-state index in [0.717, 1.165) is 12.5 Å². The molecule has 1 aromatic heterocycles. The molecule has 0 fully saturated rings. The fourth-order valence-corrected chi connectivity index (χ4v) is 0.863. The lowest BCUT2D eigenvalue weighted by Crippen LogP contribution is -2.12. The molecule has 0 aliphatic rings. The number of hydrogen-bond acceptors (Lipinski definition) is 2. The van der Waals surface area contributed by atoms with Gasteiger partial charge in [-0.2, -0.15) is 8.78 Å². The molecule has 1 rings (SSSR count). The summed E-state index contributed by atoms with van der Waals surface area (Å²) >= 11 is 0. The number of alkyl halides is 2. The molecule has 0 amide bonds. The van der Waals surface area contributed by atoms with Crippen molar-refractivity contribution in [2.45, 2.75) is 32.6 Å². The number of rotatable bonds is 2. The minimum absolute atomic E-state index is 0.263. The van der Waals surface area contributed by atoms with Gasteiger partial charge < -0.3 is 0 Å². The second-order valence-electron chi connectivity index (χ2n) is 3.38. The highest BCUT2D eigenvalue weighted by Gasteiger charge is 2.27. The quantitative estimate of drug-likeness (QED) is 0.709. The van der Waals surface area contributed by atoms with Crippen molar-refractivity contribution in [1.82, 2.24) is 9.97 Å². The first kappa shape index (κ1) is 10.0. The zero-order valence-corrected chi connectivity index (χ0v) is 7.88. The van der Waals surface area contributed by atoms with Crippen LogP contribution in [-0.2, 0) is 5.92 Å². The van der Waals surface area contributed by atoms with Crippen LogP contribution in [0.3, 0.4) is 0 Å². The Morgan fingerprint density at radius 3 is 2.00 bits per heavy atom. The molecule has 1 aromatic rings. The Hall–Kier alpha value is -1.06. The molecule has 0 bridgehead atoms. The van der Waals surface area contributed by atoms with Crippen LogP contribution in [0.15, 0.2) is 12.4 Å². The van der Waals surface area contributed by atoms with Crippen molar-refractivity contribution in [1.29, 1.82) is 0 Å². The van der Waals surface area contributed by atoms with E-state index in [-0.39, 0.29) is 5.92 Å². The summed E-state index contributed by atoms with van der Waals surface area (Å²) in [6, 6.07) is 0. The van der Waals surface area contributed by atoms with Crippen LogP contribution in [0.25, 0.3) is 0 Å². The fourth-order valence-electron chi connectivity index (χ4n) is 0.863. The zero-order valence-electron chi connectivity index (χ0n) is 7.88. The van der Waals surface area contributed by atoms with Gasteiger partial charge in [0.25, 0.3) is 0 Å². The second kappa shape index (κ2) is 3.36. The maximum atomic E-state index is 12.7. The van der Waals surface area contributed by atoms with Gasteiger partial charge in [-0.3, -0.25) is 0 Å². The molecule has 2 nitrogen and oxygen atoms in total. The maximum absolute atomic E-state index is 12.7. The lowest BCUT2D eigenvalue weighted by molar-refractivity contribution is 0.00761. The smallest absolute Gasteiger partial charge is 0.235 e. The van der Waals surface area contributed by atoms with Gasteiger partial charge in [-0.1, -0.05) is 13.8 Å². The Morgan fingerprint density at radius 2 is 1.69 bits per heavy atom. The van der Waals surface area contributed by atoms with E-state index in [4.69, 9.17) is 0 Å². The lowest BCUT2D eigenvalue weighted by atomic mass is 10.1. The van der Waals surface area contributed by atoms with Crippen LogP contribution >= 0.6 is 0 Å². The van der Waals surface area contributed by atoms with Gasteiger partial charge in [-0.15, -0.1) is 0 Å². The summed E-state index contributed by atoms with van der Waals surface area (Å²) in [7, 11) is 0. The number of aromatic nitrogens is 2. The van der Waals surface area contributed by atoms with E-state index >= 15 is 0 Å². The van der Waals surface area contributed by atoms with Crippen molar-refractivity contribution in [2.75, 3.05) is 0 Å². The van der Waals surface area contributed by atoms with Crippen LogP contribution in [0.4, 0.5) is 8.78 Å². The summed E-state index contributed by atoms with van der Waals surface area (Å²) < 4.78 is 25.3. The average Bonchev–Trinajstić information content (AvgIpc) is 2.03.